The van der Waals surface area contributed by atoms with E-state index < -0.39 is 0 Å². The quantitative estimate of drug-likeness (QED) is 0.508. The van der Waals surface area contributed by atoms with Gasteiger partial charge in [-0.2, -0.15) is 5.26 Å². The number of phenols is 2. The Morgan fingerprint density at radius 1 is 1.28 bits per heavy atom. The maximum absolute atomic E-state index is 10.8. The zero-order chi connectivity index (χ0) is 18.6. The van der Waals surface area contributed by atoms with Gasteiger partial charge in [-0.15, -0.1) is 0 Å². The van der Waals surface area contributed by atoms with Gasteiger partial charge in [-0.25, -0.2) is 0 Å². The Kier molecular flexibility index (Phi) is 6.53. The molecular weight excluding hydrogens is 310 g/mol. The summed E-state index contributed by atoms with van der Waals surface area (Å²) >= 11 is 0. The number of aromatic hydroxyl groups is 2. The largest absolute Gasteiger partial charge is 0.507 e. The minimum atomic E-state index is -0.0365. The summed E-state index contributed by atoms with van der Waals surface area (Å²) in [6.07, 6.45) is 8.12. The number of nitriles is 1. The Balaban J connectivity index is 2.50. The van der Waals surface area contributed by atoms with Crippen LogP contribution in [0.4, 0.5) is 0 Å². The standard InChI is InChI=1S/C22H31NO2/c1-5-6-7-8-16-12-20(24)21(22(25)19(16)13-23)18-11-15(4)9-10-17(18)14(2)3/h11-12,14,17-18,24-25H,5-10H2,1-4H3/t17-,18+/m0/s1. The van der Waals surface area contributed by atoms with E-state index in [2.05, 4.69) is 39.8 Å². The minimum Gasteiger partial charge on any atom is -0.507 e. The van der Waals surface area contributed by atoms with Crippen LogP contribution < -0.4 is 0 Å². The lowest BCUT2D eigenvalue weighted by atomic mass is 9.71. The predicted molar refractivity (Wildman–Crippen MR) is 102 cm³/mol. The smallest absolute Gasteiger partial charge is 0.141 e. The molecule has 0 aromatic heterocycles. The highest BCUT2D eigenvalue weighted by Gasteiger charge is 2.32. The second-order valence-electron chi connectivity index (χ2n) is 7.75. The normalized spacial score (nSPS) is 20.4. The summed E-state index contributed by atoms with van der Waals surface area (Å²) in [6, 6.07) is 3.88. The van der Waals surface area contributed by atoms with Crippen molar-refractivity contribution in [3.8, 4) is 17.6 Å². The van der Waals surface area contributed by atoms with Gasteiger partial charge in [-0.05, 0) is 56.1 Å². The van der Waals surface area contributed by atoms with Crippen LogP contribution in [-0.2, 0) is 6.42 Å². The van der Waals surface area contributed by atoms with E-state index in [0.717, 1.165) is 37.7 Å². The Hall–Kier alpha value is -1.95. The van der Waals surface area contributed by atoms with Crippen LogP contribution in [0.15, 0.2) is 17.7 Å². The van der Waals surface area contributed by atoms with Crippen molar-refractivity contribution >= 4 is 0 Å². The summed E-state index contributed by atoms with van der Waals surface area (Å²) in [4.78, 5) is 0. The van der Waals surface area contributed by atoms with E-state index >= 15 is 0 Å². The zero-order valence-electron chi connectivity index (χ0n) is 16.0. The number of rotatable bonds is 6. The first kappa shape index (κ1) is 19.4. The SMILES string of the molecule is CCCCCc1cc(O)c([C@@H]2C=C(C)CC[C@H]2C(C)C)c(O)c1C#N. The van der Waals surface area contributed by atoms with Crippen molar-refractivity contribution in [2.75, 3.05) is 0 Å². The molecule has 2 atom stereocenters. The molecule has 2 rings (SSSR count). The van der Waals surface area contributed by atoms with Gasteiger partial charge in [0, 0.05) is 11.5 Å². The molecule has 3 heteroatoms. The summed E-state index contributed by atoms with van der Waals surface area (Å²) in [6.45, 7) is 8.60. The van der Waals surface area contributed by atoms with Gasteiger partial charge in [-0.1, -0.05) is 45.3 Å². The molecule has 0 heterocycles. The van der Waals surface area contributed by atoms with Crippen molar-refractivity contribution in [3.05, 3.63) is 34.4 Å². The third kappa shape index (κ3) is 4.18. The van der Waals surface area contributed by atoms with Crippen LogP contribution in [0.2, 0.25) is 0 Å². The number of hydrogen-bond acceptors (Lipinski definition) is 3. The van der Waals surface area contributed by atoms with E-state index in [4.69, 9.17) is 0 Å². The number of hydrogen-bond donors (Lipinski definition) is 2. The summed E-state index contributed by atoms with van der Waals surface area (Å²) in [5, 5.41) is 31.1. The molecule has 0 aliphatic heterocycles. The predicted octanol–water partition coefficient (Wildman–Crippen LogP) is 5.80. The Bertz CT molecular complexity index is 682. The molecule has 136 valence electrons. The van der Waals surface area contributed by atoms with Crippen LogP contribution in [0, 0.1) is 23.2 Å². The van der Waals surface area contributed by atoms with Crippen LogP contribution in [-0.4, -0.2) is 10.2 Å². The van der Waals surface area contributed by atoms with E-state index in [1.165, 1.54) is 5.57 Å². The third-order valence-corrected chi connectivity index (χ3v) is 5.55. The summed E-state index contributed by atoms with van der Waals surface area (Å²) < 4.78 is 0. The third-order valence-electron chi connectivity index (χ3n) is 5.55. The molecule has 0 saturated carbocycles. The van der Waals surface area contributed by atoms with Crippen LogP contribution in [0.3, 0.4) is 0 Å². The van der Waals surface area contributed by atoms with Gasteiger partial charge in [0.1, 0.15) is 17.6 Å². The first-order valence-electron chi connectivity index (χ1n) is 9.55. The zero-order valence-corrected chi connectivity index (χ0v) is 16.0. The van der Waals surface area contributed by atoms with Crippen molar-refractivity contribution in [1.29, 1.82) is 5.26 Å². The van der Waals surface area contributed by atoms with E-state index in [1.807, 2.05) is 0 Å². The van der Waals surface area contributed by atoms with Crippen molar-refractivity contribution in [1.82, 2.24) is 0 Å². The summed E-state index contributed by atoms with van der Waals surface area (Å²) in [5.41, 5.74) is 2.91. The molecule has 0 unspecified atom stereocenters. The molecule has 25 heavy (non-hydrogen) atoms. The highest BCUT2D eigenvalue weighted by Crippen LogP contribution is 2.48. The number of aryl methyl sites for hydroxylation is 1. The molecule has 0 fully saturated rings. The molecule has 2 N–H and O–H groups in total. The summed E-state index contributed by atoms with van der Waals surface area (Å²) in [5.74, 6) is 0.881. The van der Waals surface area contributed by atoms with Gasteiger partial charge < -0.3 is 10.2 Å². The fourth-order valence-corrected chi connectivity index (χ4v) is 4.07. The number of unbranched alkanes of at least 4 members (excludes halogenated alkanes) is 2. The molecule has 1 aromatic rings. The molecule has 0 spiro atoms. The fourth-order valence-electron chi connectivity index (χ4n) is 4.07. The molecule has 0 saturated heterocycles. The van der Waals surface area contributed by atoms with E-state index in [0.29, 0.717) is 29.4 Å². The topological polar surface area (TPSA) is 64.2 Å². The fraction of sp³-hybridized carbons (Fsp3) is 0.591. The number of phenolic OH excluding ortho intramolecular Hbond substituents is 2. The van der Waals surface area contributed by atoms with E-state index in [-0.39, 0.29) is 17.4 Å². The van der Waals surface area contributed by atoms with Gasteiger partial charge in [0.15, 0.2) is 0 Å². The molecule has 3 nitrogen and oxygen atoms in total. The average molecular weight is 341 g/mol. The Morgan fingerprint density at radius 3 is 2.60 bits per heavy atom. The Morgan fingerprint density at radius 2 is 2.00 bits per heavy atom. The van der Waals surface area contributed by atoms with Crippen LogP contribution in [0.5, 0.6) is 11.5 Å². The average Bonchev–Trinajstić information content (AvgIpc) is 2.55. The first-order valence-corrected chi connectivity index (χ1v) is 9.55. The summed E-state index contributed by atoms with van der Waals surface area (Å²) in [7, 11) is 0. The second kappa shape index (κ2) is 8.43. The van der Waals surface area contributed by atoms with Gasteiger partial charge in [0.25, 0.3) is 0 Å². The molecule has 0 amide bonds. The monoisotopic (exact) mass is 341 g/mol. The lowest BCUT2D eigenvalue weighted by molar-refractivity contribution is 0.303. The Labute approximate surface area is 152 Å². The number of nitrogens with zero attached hydrogens (tertiary/aromatic N) is 1. The maximum atomic E-state index is 10.8. The van der Waals surface area contributed by atoms with E-state index in [1.54, 1.807) is 6.07 Å². The van der Waals surface area contributed by atoms with Crippen LogP contribution >= 0.6 is 0 Å². The van der Waals surface area contributed by atoms with Gasteiger partial charge in [-0.3, -0.25) is 0 Å². The first-order chi connectivity index (χ1) is 11.9. The van der Waals surface area contributed by atoms with Gasteiger partial charge in [0.05, 0.1) is 5.56 Å². The van der Waals surface area contributed by atoms with Crippen molar-refractivity contribution in [2.45, 2.75) is 72.1 Å². The van der Waals surface area contributed by atoms with Crippen molar-refractivity contribution in [2.24, 2.45) is 11.8 Å². The van der Waals surface area contributed by atoms with Crippen LogP contribution in [0.1, 0.15) is 82.4 Å². The second-order valence-corrected chi connectivity index (χ2v) is 7.75. The highest BCUT2D eigenvalue weighted by atomic mass is 16.3. The van der Waals surface area contributed by atoms with E-state index in [9.17, 15) is 15.5 Å². The van der Waals surface area contributed by atoms with Crippen LogP contribution in [0.25, 0.3) is 0 Å². The molecule has 1 aromatic carbocycles. The molecular formula is C22H31NO2. The lowest BCUT2D eigenvalue weighted by Crippen LogP contribution is -2.21. The van der Waals surface area contributed by atoms with Gasteiger partial charge >= 0.3 is 0 Å². The molecule has 0 bridgehead atoms. The highest BCUT2D eigenvalue weighted by molar-refractivity contribution is 5.60. The minimum absolute atomic E-state index is 0.0180. The van der Waals surface area contributed by atoms with Crippen molar-refractivity contribution < 1.29 is 10.2 Å². The number of allylic oxidation sites excluding steroid dienone is 2. The molecule has 0 radical (unpaired) electrons. The van der Waals surface area contributed by atoms with Gasteiger partial charge in [0.2, 0.25) is 0 Å². The van der Waals surface area contributed by atoms with Crippen molar-refractivity contribution in [3.63, 3.8) is 0 Å². The molecule has 1 aliphatic carbocycles. The molecule has 1 aliphatic rings. The maximum Gasteiger partial charge on any atom is 0.141 e. The lowest BCUT2D eigenvalue weighted by Gasteiger charge is -2.34. The number of benzene rings is 1.